The van der Waals surface area contributed by atoms with E-state index in [1.165, 1.54) is 32.8 Å². The van der Waals surface area contributed by atoms with Gasteiger partial charge >= 0.3 is 5.97 Å². The molecule has 0 aromatic rings. The fourth-order valence-electron chi connectivity index (χ4n) is 2.54. The van der Waals surface area contributed by atoms with E-state index in [-0.39, 0.29) is 5.97 Å². The Bertz CT molecular complexity index is 218. The molecule has 2 atom stereocenters. The normalized spacial score (nSPS) is 32.9. The lowest BCUT2D eigenvalue weighted by Gasteiger charge is -2.32. The molecule has 1 heterocycles. The monoisotopic (exact) mass is 213 g/mol. The van der Waals surface area contributed by atoms with Gasteiger partial charge in [0.1, 0.15) is 0 Å². The predicted octanol–water partition coefficient (Wildman–Crippen LogP) is 0.707. The van der Waals surface area contributed by atoms with Crippen molar-refractivity contribution in [1.82, 2.24) is 5.32 Å². The summed E-state index contributed by atoms with van der Waals surface area (Å²) in [5.74, 6) is 0.468. The van der Waals surface area contributed by atoms with Crippen LogP contribution in [0.1, 0.15) is 25.7 Å². The summed E-state index contributed by atoms with van der Waals surface area (Å²) in [5.41, 5.74) is 0. The molecule has 1 saturated heterocycles. The van der Waals surface area contributed by atoms with Crippen LogP contribution in [0.4, 0.5) is 0 Å². The van der Waals surface area contributed by atoms with Crippen molar-refractivity contribution in [3.63, 3.8) is 0 Å². The van der Waals surface area contributed by atoms with Gasteiger partial charge in [-0.15, -0.1) is 0 Å². The van der Waals surface area contributed by atoms with Gasteiger partial charge in [0.15, 0.2) is 6.10 Å². The van der Waals surface area contributed by atoms with Crippen LogP contribution in [-0.4, -0.2) is 38.4 Å². The maximum absolute atomic E-state index is 11.2. The topological polar surface area (TPSA) is 47.6 Å². The SMILES string of the molecule is COC(=O)C1CNC(C2CCCC2)CO1. The van der Waals surface area contributed by atoms with Crippen molar-refractivity contribution in [3.8, 4) is 0 Å². The Morgan fingerprint density at radius 2 is 2.13 bits per heavy atom. The Morgan fingerprint density at radius 3 is 2.67 bits per heavy atom. The van der Waals surface area contributed by atoms with Crippen LogP contribution in [0, 0.1) is 5.92 Å². The lowest BCUT2D eigenvalue weighted by Crippen LogP contribution is -2.52. The second-order valence-corrected chi connectivity index (χ2v) is 4.40. The van der Waals surface area contributed by atoms with E-state index in [1.54, 1.807) is 0 Å². The van der Waals surface area contributed by atoms with E-state index in [2.05, 4.69) is 10.1 Å². The Morgan fingerprint density at radius 1 is 1.40 bits per heavy atom. The smallest absolute Gasteiger partial charge is 0.336 e. The molecule has 0 radical (unpaired) electrons. The van der Waals surface area contributed by atoms with Gasteiger partial charge in [0.2, 0.25) is 0 Å². The van der Waals surface area contributed by atoms with Crippen molar-refractivity contribution in [2.24, 2.45) is 5.92 Å². The third-order valence-electron chi connectivity index (χ3n) is 3.48. The molecule has 86 valence electrons. The number of carbonyl (C=O) groups is 1. The molecule has 1 aliphatic heterocycles. The molecule has 0 spiro atoms. The van der Waals surface area contributed by atoms with Gasteiger partial charge in [-0.1, -0.05) is 12.8 Å². The van der Waals surface area contributed by atoms with Crippen LogP contribution in [0.3, 0.4) is 0 Å². The zero-order chi connectivity index (χ0) is 10.7. The molecular weight excluding hydrogens is 194 g/mol. The summed E-state index contributed by atoms with van der Waals surface area (Å²) >= 11 is 0. The maximum atomic E-state index is 11.2. The largest absolute Gasteiger partial charge is 0.467 e. The van der Waals surface area contributed by atoms with Crippen LogP contribution >= 0.6 is 0 Å². The van der Waals surface area contributed by atoms with Crippen molar-refractivity contribution in [2.75, 3.05) is 20.3 Å². The van der Waals surface area contributed by atoms with Crippen molar-refractivity contribution in [2.45, 2.75) is 37.8 Å². The summed E-state index contributed by atoms with van der Waals surface area (Å²) in [6.45, 7) is 1.23. The van der Waals surface area contributed by atoms with Gasteiger partial charge in [-0.25, -0.2) is 4.79 Å². The highest BCUT2D eigenvalue weighted by Crippen LogP contribution is 2.28. The summed E-state index contributed by atoms with van der Waals surface area (Å²) in [6.07, 6.45) is 4.85. The minimum absolute atomic E-state index is 0.271. The fourth-order valence-corrected chi connectivity index (χ4v) is 2.54. The van der Waals surface area contributed by atoms with Gasteiger partial charge < -0.3 is 14.8 Å². The first kappa shape index (κ1) is 10.9. The van der Waals surface area contributed by atoms with E-state index in [1.807, 2.05) is 0 Å². The van der Waals surface area contributed by atoms with Crippen LogP contribution in [0.25, 0.3) is 0 Å². The van der Waals surface area contributed by atoms with Gasteiger partial charge in [-0.2, -0.15) is 0 Å². The molecule has 4 nitrogen and oxygen atoms in total. The van der Waals surface area contributed by atoms with Crippen LogP contribution in [0.15, 0.2) is 0 Å². The molecule has 15 heavy (non-hydrogen) atoms. The first-order valence-electron chi connectivity index (χ1n) is 5.74. The molecule has 0 bridgehead atoms. The average molecular weight is 213 g/mol. The highest BCUT2D eigenvalue weighted by Gasteiger charge is 2.32. The number of morpholine rings is 1. The van der Waals surface area contributed by atoms with E-state index in [0.717, 1.165) is 5.92 Å². The summed E-state index contributed by atoms with van der Waals surface area (Å²) in [4.78, 5) is 11.2. The van der Waals surface area contributed by atoms with Crippen molar-refractivity contribution in [3.05, 3.63) is 0 Å². The molecule has 4 heteroatoms. The highest BCUT2D eigenvalue weighted by molar-refractivity contribution is 5.74. The molecule has 1 N–H and O–H groups in total. The number of nitrogens with one attached hydrogen (secondary N) is 1. The Labute approximate surface area is 90.3 Å². The lowest BCUT2D eigenvalue weighted by molar-refractivity contribution is -0.157. The van der Waals surface area contributed by atoms with Gasteiger partial charge in [0.05, 0.1) is 13.7 Å². The number of ether oxygens (including phenoxy) is 2. The fraction of sp³-hybridized carbons (Fsp3) is 0.909. The summed E-state index contributed by atoms with van der Waals surface area (Å²) in [5, 5.41) is 3.40. The second kappa shape index (κ2) is 4.94. The molecule has 0 aromatic carbocycles. The van der Waals surface area contributed by atoms with Gasteiger partial charge in [0.25, 0.3) is 0 Å². The van der Waals surface area contributed by atoms with Crippen LogP contribution in [-0.2, 0) is 14.3 Å². The molecule has 2 fully saturated rings. The Kier molecular flexibility index (Phi) is 3.59. The van der Waals surface area contributed by atoms with Gasteiger partial charge in [-0.05, 0) is 18.8 Å². The highest BCUT2D eigenvalue weighted by atomic mass is 16.6. The minimum Gasteiger partial charge on any atom is -0.467 e. The van der Waals surface area contributed by atoms with E-state index in [0.29, 0.717) is 19.2 Å². The van der Waals surface area contributed by atoms with Crippen molar-refractivity contribution in [1.29, 1.82) is 0 Å². The minimum atomic E-state index is -0.410. The lowest BCUT2D eigenvalue weighted by atomic mass is 9.97. The van der Waals surface area contributed by atoms with E-state index in [9.17, 15) is 4.79 Å². The zero-order valence-electron chi connectivity index (χ0n) is 9.20. The average Bonchev–Trinajstić information content (AvgIpc) is 2.82. The van der Waals surface area contributed by atoms with Crippen LogP contribution in [0.5, 0.6) is 0 Å². The number of carbonyl (C=O) groups excluding carboxylic acids is 1. The zero-order valence-corrected chi connectivity index (χ0v) is 9.20. The summed E-state index contributed by atoms with van der Waals surface area (Å²) < 4.78 is 10.2. The molecule has 2 aliphatic rings. The van der Waals surface area contributed by atoms with E-state index >= 15 is 0 Å². The predicted molar refractivity (Wildman–Crippen MR) is 55.5 cm³/mol. The van der Waals surface area contributed by atoms with E-state index in [4.69, 9.17) is 4.74 Å². The molecular formula is C11H19NO3. The molecule has 2 rings (SSSR count). The second-order valence-electron chi connectivity index (χ2n) is 4.40. The summed E-state index contributed by atoms with van der Waals surface area (Å²) in [6, 6.07) is 0.438. The number of methoxy groups -OCH3 is 1. The van der Waals surface area contributed by atoms with Crippen LogP contribution in [0.2, 0.25) is 0 Å². The number of hydrogen-bond donors (Lipinski definition) is 1. The summed E-state index contributed by atoms with van der Waals surface area (Å²) in [7, 11) is 1.40. The number of rotatable bonds is 2. The molecule has 1 saturated carbocycles. The van der Waals surface area contributed by atoms with Crippen molar-refractivity contribution >= 4 is 5.97 Å². The standard InChI is InChI=1S/C11H19NO3/c1-14-11(13)10-6-12-9(7-15-10)8-4-2-3-5-8/h8-10,12H,2-7H2,1H3. The number of hydrogen-bond acceptors (Lipinski definition) is 4. The maximum Gasteiger partial charge on any atom is 0.336 e. The van der Waals surface area contributed by atoms with Gasteiger partial charge in [0, 0.05) is 12.6 Å². The molecule has 0 amide bonds. The first-order valence-corrected chi connectivity index (χ1v) is 5.74. The Hall–Kier alpha value is -0.610. The quantitative estimate of drug-likeness (QED) is 0.686. The molecule has 0 aromatic heterocycles. The molecule has 1 aliphatic carbocycles. The first-order chi connectivity index (χ1) is 7.31. The van der Waals surface area contributed by atoms with Gasteiger partial charge in [-0.3, -0.25) is 0 Å². The Balaban J connectivity index is 1.78. The van der Waals surface area contributed by atoms with Crippen molar-refractivity contribution < 1.29 is 14.3 Å². The third-order valence-corrected chi connectivity index (χ3v) is 3.48. The van der Waals surface area contributed by atoms with Crippen LogP contribution < -0.4 is 5.32 Å². The van der Waals surface area contributed by atoms with E-state index < -0.39 is 6.10 Å². The third kappa shape index (κ3) is 2.49. The number of esters is 1. The molecule has 2 unspecified atom stereocenters.